The van der Waals surface area contributed by atoms with E-state index in [1.165, 1.54) is 7.11 Å². The van der Waals surface area contributed by atoms with Crippen LogP contribution in [0.15, 0.2) is 95.9 Å². The van der Waals surface area contributed by atoms with Crippen molar-refractivity contribution in [1.29, 1.82) is 0 Å². The third-order valence-corrected chi connectivity index (χ3v) is 7.18. The van der Waals surface area contributed by atoms with Crippen molar-refractivity contribution in [2.75, 3.05) is 37.3 Å². The Hall–Kier alpha value is -3.85. The number of hydrogen-bond donors (Lipinski definition) is 3. The molecule has 4 aromatic carbocycles. The van der Waals surface area contributed by atoms with Crippen LogP contribution in [-0.4, -0.2) is 37.8 Å². The van der Waals surface area contributed by atoms with Crippen molar-refractivity contribution >= 4 is 40.2 Å². The number of rotatable bonds is 11. The Morgan fingerprint density at radius 3 is 2.37 bits per heavy atom. The molecule has 0 radical (unpaired) electrons. The first-order chi connectivity index (χ1) is 18.5. The summed E-state index contributed by atoms with van der Waals surface area (Å²) in [5.74, 6) is 0.827. The first-order valence-electron chi connectivity index (χ1n) is 11.9. The number of amides is 1. The molecule has 1 amide bonds. The Morgan fingerprint density at radius 1 is 0.842 bits per heavy atom. The normalized spacial score (nSPS) is 11.4. The van der Waals surface area contributed by atoms with E-state index >= 15 is 0 Å². The van der Waals surface area contributed by atoms with Gasteiger partial charge in [0.25, 0.3) is 5.91 Å². The van der Waals surface area contributed by atoms with Crippen LogP contribution in [0.1, 0.15) is 10.4 Å². The minimum atomic E-state index is -1.60. The number of anilines is 2. The minimum absolute atomic E-state index is 0.206. The van der Waals surface area contributed by atoms with Gasteiger partial charge in [-0.15, -0.1) is 0 Å². The third-order valence-electron chi connectivity index (χ3n) is 5.71. The molecule has 0 saturated heterocycles. The maximum absolute atomic E-state index is 13.3. The van der Waals surface area contributed by atoms with Gasteiger partial charge in [-0.1, -0.05) is 54.1 Å². The Kier molecular flexibility index (Phi) is 9.37. The van der Waals surface area contributed by atoms with Gasteiger partial charge in [-0.25, -0.2) is 4.72 Å². The highest BCUT2D eigenvalue weighted by atomic mass is 35.5. The molecule has 7 nitrogen and oxygen atoms in total. The van der Waals surface area contributed by atoms with Gasteiger partial charge in [0, 0.05) is 35.4 Å². The molecule has 0 aliphatic carbocycles. The smallest absolute Gasteiger partial charge is 0.255 e. The van der Waals surface area contributed by atoms with Crippen molar-refractivity contribution in [1.82, 2.24) is 5.32 Å². The molecule has 38 heavy (non-hydrogen) atoms. The predicted molar refractivity (Wildman–Crippen MR) is 154 cm³/mol. The number of carbonyl (C=O) groups excluding carboxylic acids is 1. The fourth-order valence-electron chi connectivity index (χ4n) is 3.85. The molecule has 1 atom stereocenters. The van der Waals surface area contributed by atoms with Gasteiger partial charge in [-0.05, 0) is 48.0 Å². The van der Waals surface area contributed by atoms with Gasteiger partial charge in [0.1, 0.15) is 17.1 Å². The number of hydrogen-bond acceptors (Lipinski definition) is 6. The fourth-order valence-corrected chi connectivity index (χ4v) is 5.11. The maximum atomic E-state index is 13.3. The number of para-hydroxylation sites is 1. The summed E-state index contributed by atoms with van der Waals surface area (Å²) in [4.78, 5) is 13.0. The Labute approximate surface area is 230 Å². The van der Waals surface area contributed by atoms with Gasteiger partial charge < -0.3 is 24.7 Å². The van der Waals surface area contributed by atoms with Gasteiger partial charge in [0.05, 0.1) is 25.5 Å². The molecule has 9 heteroatoms. The second-order valence-electron chi connectivity index (χ2n) is 8.18. The number of methoxy groups -OCH3 is 2. The number of halogens is 1. The SMILES string of the molecule is COc1ccccc1C(=O)NCCNc1cccc(N[S+]([O-])c2cc(-c3ccccc3Cl)ccc2OC)c1. The van der Waals surface area contributed by atoms with Crippen LogP contribution in [0, 0.1) is 0 Å². The van der Waals surface area contributed by atoms with Crippen molar-refractivity contribution < 1.29 is 18.8 Å². The summed E-state index contributed by atoms with van der Waals surface area (Å²) >= 11 is 4.77. The number of benzene rings is 4. The average molecular weight is 550 g/mol. The molecular weight excluding hydrogens is 522 g/mol. The molecular formula is C29H28ClN3O4S. The van der Waals surface area contributed by atoms with Gasteiger partial charge in [0.15, 0.2) is 5.75 Å². The Bertz CT molecular complexity index is 1400. The second-order valence-corrected chi connectivity index (χ2v) is 9.77. The lowest BCUT2D eigenvalue weighted by atomic mass is 10.1. The molecule has 4 rings (SSSR count). The number of carbonyl (C=O) groups is 1. The molecule has 0 aliphatic heterocycles. The molecule has 0 aliphatic rings. The Balaban J connectivity index is 1.38. The number of nitrogens with one attached hydrogen (secondary N) is 3. The second kappa shape index (κ2) is 13.1. The third kappa shape index (κ3) is 6.72. The summed E-state index contributed by atoms with van der Waals surface area (Å²) in [5, 5.41) is 6.76. The highest BCUT2D eigenvalue weighted by Gasteiger charge is 2.20. The summed E-state index contributed by atoms with van der Waals surface area (Å²) in [6.07, 6.45) is 0. The molecule has 0 spiro atoms. The van der Waals surface area contributed by atoms with Crippen molar-refractivity contribution in [3.8, 4) is 22.6 Å². The lowest BCUT2D eigenvalue weighted by Gasteiger charge is -2.16. The highest BCUT2D eigenvalue weighted by Crippen LogP contribution is 2.34. The summed E-state index contributed by atoms with van der Waals surface area (Å²) in [7, 11) is 3.08. The van der Waals surface area contributed by atoms with Crippen LogP contribution in [0.3, 0.4) is 0 Å². The van der Waals surface area contributed by atoms with Crippen molar-refractivity contribution in [3.63, 3.8) is 0 Å². The van der Waals surface area contributed by atoms with Crippen molar-refractivity contribution in [2.24, 2.45) is 0 Å². The summed E-state index contributed by atoms with van der Waals surface area (Å²) < 4.78 is 27.1. The van der Waals surface area contributed by atoms with Crippen LogP contribution in [0.5, 0.6) is 11.5 Å². The van der Waals surface area contributed by atoms with Crippen molar-refractivity contribution in [2.45, 2.75) is 4.90 Å². The van der Waals surface area contributed by atoms with Gasteiger partial charge in [-0.3, -0.25) is 4.79 Å². The molecule has 3 N–H and O–H groups in total. The zero-order valence-electron chi connectivity index (χ0n) is 21.0. The highest BCUT2D eigenvalue weighted by molar-refractivity contribution is 7.92. The van der Waals surface area contributed by atoms with E-state index in [4.69, 9.17) is 21.1 Å². The number of ether oxygens (including phenoxy) is 2. The molecule has 4 aromatic rings. The van der Waals surface area contributed by atoms with E-state index in [-0.39, 0.29) is 5.91 Å². The van der Waals surface area contributed by atoms with Crippen LogP contribution in [0.2, 0.25) is 5.02 Å². The lowest BCUT2D eigenvalue weighted by Crippen LogP contribution is -2.29. The minimum Gasteiger partial charge on any atom is -0.588 e. The van der Waals surface area contributed by atoms with Crippen LogP contribution in [0.4, 0.5) is 11.4 Å². The van der Waals surface area contributed by atoms with Crippen molar-refractivity contribution in [3.05, 3.63) is 102 Å². The predicted octanol–water partition coefficient (Wildman–Crippen LogP) is 6.00. The van der Waals surface area contributed by atoms with E-state index in [1.807, 2.05) is 66.7 Å². The molecule has 0 bridgehead atoms. The molecule has 0 heterocycles. The van der Waals surface area contributed by atoms with Gasteiger partial charge in [0.2, 0.25) is 4.90 Å². The summed E-state index contributed by atoms with van der Waals surface area (Å²) in [6, 6.07) is 27.5. The average Bonchev–Trinajstić information content (AvgIpc) is 2.95. The zero-order valence-corrected chi connectivity index (χ0v) is 22.6. The van der Waals surface area contributed by atoms with E-state index in [0.29, 0.717) is 45.8 Å². The standard InChI is InChI=1S/C29H28ClN3O4S/c1-36-26-13-6-4-11-24(26)29(34)32-17-16-31-21-8-7-9-22(19-21)33-38(35)28-18-20(14-15-27(28)37-2)23-10-3-5-12-25(23)30/h3-15,18-19,31,33H,16-17H2,1-2H3,(H,32,34). The molecule has 0 fully saturated rings. The summed E-state index contributed by atoms with van der Waals surface area (Å²) in [6.45, 7) is 0.910. The quantitative estimate of drug-likeness (QED) is 0.157. The zero-order chi connectivity index (χ0) is 26.9. The molecule has 0 aromatic heterocycles. The van der Waals surface area contributed by atoms with E-state index in [9.17, 15) is 9.35 Å². The molecule has 196 valence electrons. The fraction of sp³-hybridized carbons (Fsp3) is 0.138. The summed E-state index contributed by atoms with van der Waals surface area (Å²) in [5.41, 5.74) is 3.65. The molecule has 0 saturated carbocycles. The lowest BCUT2D eigenvalue weighted by molar-refractivity contribution is 0.0952. The van der Waals surface area contributed by atoms with Crippen LogP contribution < -0.4 is 24.8 Å². The Morgan fingerprint density at radius 2 is 1.58 bits per heavy atom. The van der Waals surface area contributed by atoms with Gasteiger partial charge >= 0.3 is 0 Å². The van der Waals surface area contributed by atoms with Crippen LogP contribution >= 0.6 is 11.6 Å². The topological polar surface area (TPSA) is 94.7 Å². The first kappa shape index (κ1) is 27.2. The van der Waals surface area contributed by atoms with E-state index in [2.05, 4.69) is 15.4 Å². The van der Waals surface area contributed by atoms with E-state index < -0.39 is 11.4 Å². The maximum Gasteiger partial charge on any atom is 0.255 e. The van der Waals surface area contributed by atoms with E-state index in [0.717, 1.165) is 16.8 Å². The largest absolute Gasteiger partial charge is 0.588 e. The van der Waals surface area contributed by atoms with Crippen LogP contribution in [0.25, 0.3) is 11.1 Å². The molecule has 1 unspecified atom stereocenters. The van der Waals surface area contributed by atoms with Gasteiger partial charge in [-0.2, -0.15) is 0 Å². The monoisotopic (exact) mass is 549 g/mol. The first-order valence-corrected chi connectivity index (χ1v) is 13.4. The van der Waals surface area contributed by atoms with E-state index in [1.54, 1.807) is 31.4 Å². The van der Waals surface area contributed by atoms with Crippen LogP contribution in [-0.2, 0) is 11.4 Å².